The molecule has 10 nitrogen and oxygen atoms in total. The molecule has 0 spiro atoms. The second-order valence-electron chi connectivity index (χ2n) is 11.9. The van der Waals surface area contributed by atoms with Gasteiger partial charge in [0.15, 0.2) is 0 Å². The Morgan fingerprint density at radius 1 is 1.16 bits per heavy atom. The van der Waals surface area contributed by atoms with E-state index in [4.69, 9.17) is 10.5 Å². The molecular formula is C30H32F3N7O3. The second-order valence-corrected chi connectivity index (χ2v) is 11.9. The summed E-state index contributed by atoms with van der Waals surface area (Å²) in [4.78, 5) is 38.3. The number of nitrogens with zero attached hydrogens (tertiary/aromatic N) is 4. The number of ether oxygens (including phenoxy) is 1. The Balaban J connectivity index is 1.21. The molecule has 6 rings (SSSR count). The zero-order valence-electron chi connectivity index (χ0n) is 23.7. The average Bonchev–Trinajstić information content (AvgIpc) is 3.36. The number of aromatic nitrogens is 1. The van der Waals surface area contributed by atoms with Crippen LogP contribution in [0.25, 0.3) is 5.70 Å². The zero-order valence-corrected chi connectivity index (χ0v) is 23.7. The predicted octanol–water partition coefficient (Wildman–Crippen LogP) is 3.62. The van der Waals surface area contributed by atoms with Gasteiger partial charge in [-0.25, -0.2) is 9.98 Å². The first-order valence-electron chi connectivity index (χ1n) is 14.0. The molecule has 226 valence electrons. The lowest BCUT2D eigenvalue weighted by Crippen LogP contribution is -2.58. The van der Waals surface area contributed by atoms with Crippen molar-refractivity contribution in [3.63, 3.8) is 0 Å². The summed E-state index contributed by atoms with van der Waals surface area (Å²) in [7, 11) is 0. The normalized spacial score (nSPS) is 24.6. The van der Waals surface area contributed by atoms with Gasteiger partial charge in [0.2, 0.25) is 5.91 Å². The van der Waals surface area contributed by atoms with E-state index >= 15 is 0 Å². The maximum Gasteiger partial charge on any atom is 0.416 e. The lowest BCUT2D eigenvalue weighted by Gasteiger charge is -2.46. The summed E-state index contributed by atoms with van der Waals surface area (Å²) in [6, 6.07) is 8.28. The number of carbonyl (C=O) groups excluding carboxylic acids is 2. The van der Waals surface area contributed by atoms with Gasteiger partial charge < -0.3 is 30.9 Å². The molecule has 0 aliphatic carbocycles. The van der Waals surface area contributed by atoms with Crippen LogP contribution in [0.3, 0.4) is 0 Å². The number of halogens is 3. The number of fused-ring (bicyclic) bond motifs is 1. The van der Waals surface area contributed by atoms with Gasteiger partial charge in [0.1, 0.15) is 23.5 Å². The molecule has 4 N–H and O–H groups in total. The molecule has 2 saturated heterocycles. The Kier molecular flexibility index (Phi) is 7.15. The van der Waals surface area contributed by atoms with E-state index in [1.807, 2.05) is 18.0 Å². The van der Waals surface area contributed by atoms with Crippen LogP contribution in [0.4, 0.5) is 19.0 Å². The first-order chi connectivity index (χ1) is 20.4. The van der Waals surface area contributed by atoms with Crippen LogP contribution >= 0.6 is 0 Å². The number of hydrogen-bond acceptors (Lipinski definition) is 8. The van der Waals surface area contributed by atoms with Gasteiger partial charge in [-0.1, -0.05) is 19.1 Å². The number of benzene rings is 1. The molecule has 4 aliphatic rings. The number of aliphatic imine (C=N–C) groups is 1. The number of amidine groups is 1. The summed E-state index contributed by atoms with van der Waals surface area (Å²) in [6.07, 6.45) is 0.678. The molecule has 0 radical (unpaired) electrons. The Morgan fingerprint density at radius 2 is 1.91 bits per heavy atom. The quantitative estimate of drug-likeness (QED) is 0.482. The van der Waals surface area contributed by atoms with Crippen LogP contribution in [0, 0.1) is 17.3 Å². The summed E-state index contributed by atoms with van der Waals surface area (Å²) in [5, 5.41) is 6.04. The van der Waals surface area contributed by atoms with E-state index in [2.05, 4.69) is 32.4 Å². The number of piperidine rings is 1. The highest BCUT2D eigenvalue weighted by Gasteiger charge is 2.47. The van der Waals surface area contributed by atoms with Crippen molar-refractivity contribution in [3.8, 4) is 0 Å². The van der Waals surface area contributed by atoms with E-state index in [9.17, 15) is 22.8 Å². The molecular weight excluding hydrogens is 563 g/mol. The molecule has 2 aromatic rings. The van der Waals surface area contributed by atoms with E-state index in [1.54, 1.807) is 30.5 Å². The molecule has 3 atom stereocenters. The minimum Gasteiger partial charge on any atom is -0.382 e. The smallest absolute Gasteiger partial charge is 0.382 e. The van der Waals surface area contributed by atoms with E-state index in [0.29, 0.717) is 43.8 Å². The van der Waals surface area contributed by atoms with Gasteiger partial charge in [-0.15, -0.1) is 0 Å². The molecule has 1 aromatic carbocycles. The third kappa shape index (κ3) is 5.44. The van der Waals surface area contributed by atoms with Crippen LogP contribution in [-0.2, 0) is 15.7 Å². The van der Waals surface area contributed by atoms with Gasteiger partial charge in [-0.3, -0.25) is 9.59 Å². The van der Waals surface area contributed by atoms with Crippen LogP contribution in [0.2, 0.25) is 0 Å². The maximum absolute atomic E-state index is 13.4. The van der Waals surface area contributed by atoms with Gasteiger partial charge in [0, 0.05) is 43.2 Å². The first kappa shape index (κ1) is 28.7. The van der Waals surface area contributed by atoms with Crippen LogP contribution in [-0.4, -0.2) is 64.9 Å². The van der Waals surface area contributed by atoms with E-state index in [1.165, 1.54) is 0 Å². The number of pyridine rings is 1. The Hall–Kier alpha value is -4.39. The molecule has 2 fully saturated rings. The fourth-order valence-corrected chi connectivity index (χ4v) is 6.15. The topological polar surface area (TPSA) is 125 Å². The standard InChI is InChI=1S/C30H32F3N7O3/c1-17-11-20(14-39(13-17)28(42)29(2)15-43-16-29)26-38-23(24-25(34)36-9-10-40(24)26)18-3-5-19(6-4-18)27(41)37-22-12-21(7-8-35-22)30(31,32)33/h3-10,12,17,20,26,38H,11,13-16H2,1-2H3,(H2,34,36)(H,35,37,41)/t17-,20-,26?/m1/s1. The third-order valence-electron chi connectivity index (χ3n) is 8.32. The maximum atomic E-state index is 13.4. The molecule has 2 amide bonds. The molecule has 43 heavy (non-hydrogen) atoms. The Bertz CT molecular complexity index is 1530. The minimum absolute atomic E-state index is 0.0883. The summed E-state index contributed by atoms with van der Waals surface area (Å²) in [5.74, 6) is 0.0433. The number of carbonyl (C=O) groups is 2. The average molecular weight is 596 g/mol. The monoisotopic (exact) mass is 595 g/mol. The van der Waals surface area contributed by atoms with Crippen molar-refractivity contribution >= 4 is 29.2 Å². The summed E-state index contributed by atoms with van der Waals surface area (Å²) >= 11 is 0. The number of alkyl halides is 3. The summed E-state index contributed by atoms with van der Waals surface area (Å²) < 4.78 is 44.5. The number of rotatable bonds is 5. The number of hydrogen-bond donors (Lipinski definition) is 3. The van der Waals surface area contributed by atoms with Gasteiger partial charge in [0.25, 0.3) is 5.91 Å². The molecule has 0 bridgehead atoms. The lowest BCUT2D eigenvalue weighted by molar-refractivity contribution is -0.171. The molecule has 5 heterocycles. The van der Waals surface area contributed by atoms with Crippen molar-refractivity contribution in [2.75, 3.05) is 31.6 Å². The van der Waals surface area contributed by atoms with Crippen molar-refractivity contribution in [2.45, 2.75) is 32.6 Å². The van der Waals surface area contributed by atoms with Gasteiger partial charge in [0.05, 0.1) is 29.9 Å². The van der Waals surface area contributed by atoms with Crippen molar-refractivity contribution in [1.82, 2.24) is 20.1 Å². The Morgan fingerprint density at radius 3 is 2.58 bits per heavy atom. The largest absolute Gasteiger partial charge is 0.416 e. The fourth-order valence-electron chi connectivity index (χ4n) is 6.15. The number of anilines is 1. The van der Waals surface area contributed by atoms with Crippen LogP contribution in [0.1, 0.15) is 41.8 Å². The van der Waals surface area contributed by atoms with Crippen LogP contribution in [0.5, 0.6) is 0 Å². The summed E-state index contributed by atoms with van der Waals surface area (Å²) in [5.41, 5.74) is 7.41. The highest BCUT2D eigenvalue weighted by atomic mass is 19.4. The number of likely N-dealkylation sites (tertiary alicyclic amines) is 1. The number of nitrogens with one attached hydrogen (secondary N) is 2. The SMILES string of the molecule is C[C@@H]1C[C@@H](C2NC(c3ccc(C(=O)Nc4cc(C(F)(F)F)ccn4)cc3)=C3C(N)=NC=CN32)CN(C(=O)C2(C)COC2)C1. The van der Waals surface area contributed by atoms with Gasteiger partial charge >= 0.3 is 6.18 Å². The van der Waals surface area contributed by atoms with E-state index in [0.717, 1.165) is 36.0 Å². The van der Waals surface area contributed by atoms with E-state index < -0.39 is 23.1 Å². The highest BCUT2D eigenvalue weighted by Crippen LogP contribution is 2.38. The third-order valence-corrected chi connectivity index (χ3v) is 8.32. The van der Waals surface area contributed by atoms with E-state index in [-0.39, 0.29) is 29.4 Å². The molecule has 0 saturated carbocycles. The fraction of sp³-hybridized carbons (Fsp3) is 0.400. The minimum atomic E-state index is -4.55. The molecule has 1 unspecified atom stereocenters. The van der Waals surface area contributed by atoms with Crippen LogP contribution < -0.4 is 16.4 Å². The van der Waals surface area contributed by atoms with Crippen molar-refractivity contribution in [1.29, 1.82) is 0 Å². The van der Waals surface area contributed by atoms with Gasteiger partial charge in [-0.05, 0) is 49.1 Å². The van der Waals surface area contributed by atoms with Gasteiger partial charge in [-0.2, -0.15) is 13.2 Å². The molecule has 4 aliphatic heterocycles. The second kappa shape index (κ2) is 10.7. The van der Waals surface area contributed by atoms with Crippen LogP contribution in [0.15, 0.2) is 65.7 Å². The van der Waals surface area contributed by atoms with Crippen molar-refractivity contribution in [3.05, 3.63) is 77.4 Å². The van der Waals surface area contributed by atoms with Crippen molar-refractivity contribution < 1.29 is 27.5 Å². The number of nitrogens with two attached hydrogens (primary N) is 1. The molecule has 1 aromatic heterocycles. The summed E-state index contributed by atoms with van der Waals surface area (Å²) in [6.45, 7) is 6.25. The lowest BCUT2D eigenvalue weighted by atomic mass is 9.83. The molecule has 13 heteroatoms. The zero-order chi connectivity index (χ0) is 30.5. The highest BCUT2D eigenvalue weighted by molar-refractivity contribution is 6.06. The number of amides is 2. The predicted molar refractivity (Wildman–Crippen MR) is 153 cm³/mol. The first-order valence-corrected chi connectivity index (χ1v) is 14.0. The van der Waals surface area contributed by atoms with Crippen molar-refractivity contribution in [2.24, 2.45) is 28.0 Å². The Labute approximate surface area is 246 Å².